The van der Waals surface area contributed by atoms with Crippen LogP contribution in [0, 0.1) is 0 Å². The molecule has 0 spiro atoms. The number of thiophene rings is 1. The van der Waals surface area contributed by atoms with Crippen molar-refractivity contribution in [3.05, 3.63) is 20.3 Å². The van der Waals surface area contributed by atoms with Gasteiger partial charge in [-0.25, -0.2) is 0 Å². The van der Waals surface area contributed by atoms with Crippen LogP contribution in [0.15, 0.2) is 6.07 Å². The van der Waals surface area contributed by atoms with Crippen LogP contribution in [0.1, 0.15) is 37.8 Å². The molecule has 1 N–H and O–H groups in total. The van der Waals surface area contributed by atoms with E-state index in [9.17, 15) is 4.79 Å². The lowest BCUT2D eigenvalue weighted by Crippen LogP contribution is -2.33. The van der Waals surface area contributed by atoms with E-state index in [1.807, 2.05) is 6.07 Å². The second kappa shape index (κ2) is 5.78. The Kier molecular flexibility index (Phi) is 4.54. The number of nitrogens with zero attached hydrogens (tertiary/aromatic N) is 1. The zero-order chi connectivity index (χ0) is 13.3. The molecule has 0 aromatic carbocycles. The minimum absolute atomic E-state index is 0.104. The van der Waals surface area contributed by atoms with Crippen molar-refractivity contribution in [1.82, 2.24) is 4.90 Å². The number of aliphatic carboxylic acids is 1. The van der Waals surface area contributed by atoms with Gasteiger partial charge < -0.3 is 5.11 Å². The van der Waals surface area contributed by atoms with Crippen molar-refractivity contribution in [3.8, 4) is 0 Å². The molecule has 3 nitrogen and oxygen atoms in total. The van der Waals surface area contributed by atoms with Crippen LogP contribution in [0.25, 0.3) is 0 Å². The van der Waals surface area contributed by atoms with Gasteiger partial charge in [0.05, 0.1) is 15.1 Å². The molecule has 0 radical (unpaired) electrons. The van der Waals surface area contributed by atoms with E-state index in [-0.39, 0.29) is 18.5 Å². The molecular weight excluding hydrogens is 293 g/mol. The van der Waals surface area contributed by atoms with E-state index in [0.29, 0.717) is 8.67 Å². The van der Waals surface area contributed by atoms with Crippen molar-refractivity contribution in [3.63, 3.8) is 0 Å². The molecule has 1 aliphatic rings. The summed E-state index contributed by atoms with van der Waals surface area (Å²) in [6, 6.07) is 2.11. The van der Waals surface area contributed by atoms with Crippen LogP contribution in [0.4, 0.5) is 0 Å². The largest absolute Gasteiger partial charge is 0.481 e. The molecule has 1 fully saturated rings. The molecule has 0 bridgehead atoms. The Bertz CT molecular complexity index is 449. The van der Waals surface area contributed by atoms with Crippen molar-refractivity contribution >= 4 is 40.5 Å². The van der Waals surface area contributed by atoms with Crippen LogP contribution < -0.4 is 0 Å². The zero-order valence-electron chi connectivity index (χ0n) is 10.0. The van der Waals surface area contributed by atoms with Crippen LogP contribution in [-0.4, -0.2) is 28.6 Å². The van der Waals surface area contributed by atoms with Crippen molar-refractivity contribution in [2.45, 2.75) is 38.3 Å². The van der Waals surface area contributed by atoms with Gasteiger partial charge in [0.1, 0.15) is 0 Å². The number of hydrogen-bond acceptors (Lipinski definition) is 3. The van der Waals surface area contributed by atoms with Gasteiger partial charge in [-0.1, -0.05) is 23.2 Å². The molecule has 0 saturated carbocycles. The summed E-state index contributed by atoms with van der Waals surface area (Å²) in [6.07, 6.45) is 2.17. The summed E-state index contributed by atoms with van der Waals surface area (Å²) in [6.45, 7) is 2.98. The summed E-state index contributed by atoms with van der Waals surface area (Å²) in [5, 5.41) is 8.93. The normalized spacial score (nSPS) is 22.3. The predicted molar refractivity (Wildman–Crippen MR) is 74.7 cm³/mol. The van der Waals surface area contributed by atoms with E-state index in [0.717, 1.165) is 24.9 Å². The number of carboxylic acid groups (broad SMARTS) is 1. The van der Waals surface area contributed by atoms with Crippen molar-refractivity contribution in [1.29, 1.82) is 0 Å². The third-order valence-corrected chi connectivity index (χ3v) is 4.98. The van der Waals surface area contributed by atoms with Crippen LogP contribution in [0.5, 0.6) is 0 Å². The predicted octanol–water partition coefficient (Wildman–Crippen LogP) is 4.06. The maximum absolute atomic E-state index is 10.9. The fourth-order valence-electron chi connectivity index (χ4n) is 2.61. The summed E-state index contributed by atoms with van der Waals surface area (Å²) in [5.74, 6) is -0.742. The maximum Gasteiger partial charge on any atom is 0.304 e. The van der Waals surface area contributed by atoms with Crippen LogP contribution in [0.2, 0.25) is 8.67 Å². The van der Waals surface area contributed by atoms with Crippen LogP contribution >= 0.6 is 34.5 Å². The SMILES string of the molecule is CC(c1cc(Cl)sc1Cl)N1CCCC1CC(=O)O. The number of rotatable bonds is 4. The van der Waals surface area contributed by atoms with Crippen molar-refractivity contribution in [2.75, 3.05) is 6.54 Å². The van der Waals surface area contributed by atoms with E-state index in [2.05, 4.69) is 11.8 Å². The molecule has 1 aromatic rings. The first-order valence-corrected chi connectivity index (χ1v) is 7.48. The Hall–Kier alpha value is -0.290. The average Bonchev–Trinajstić information content (AvgIpc) is 2.83. The highest BCUT2D eigenvalue weighted by molar-refractivity contribution is 7.20. The Labute approximate surface area is 120 Å². The number of carboxylic acids is 1. The summed E-state index contributed by atoms with van der Waals surface area (Å²) in [7, 11) is 0. The summed E-state index contributed by atoms with van der Waals surface area (Å²) >= 11 is 13.5. The van der Waals surface area contributed by atoms with Crippen molar-refractivity contribution in [2.24, 2.45) is 0 Å². The minimum Gasteiger partial charge on any atom is -0.481 e. The standard InChI is InChI=1S/C12H15Cl2NO2S/c1-7(9-6-10(13)18-12(9)14)15-4-2-3-8(15)5-11(16)17/h6-8H,2-5H2,1H3,(H,16,17). The van der Waals surface area contributed by atoms with Crippen molar-refractivity contribution < 1.29 is 9.90 Å². The smallest absolute Gasteiger partial charge is 0.304 e. The fraction of sp³-hybridized carbons (Fsp3) is 0.583. The molecule has 18 heavy (non-hydrogen) atoms. The van der Waals surface area contributed by atoms with E-state index in [1.165, 1.54) is 11.3 Å². The van der Waals surface area contributed by atoms with Gasteiger partial charge >= 0.3 is 5.97 Å². The van der Waals surface area contributed by atoms with Gasteiger partial charge in [-0.05, 0) is 32.4 Å². The van der Waals surface area contributed by atoms with E-state index in [1.54, 1.807) is 0 Å². The molecule has 1 saturated heterocycles. The Balaban J connectivity index is 2.14. The Morgan fingerprint density at radius 1 is 1.67 bits per heavy atom. The number of hydrogen-bond donors (Lipinski definition) is 1. The Morgan fingerprint density at radius 2 is 2.39 bits per heavy atom. The molecular formula is C12H15Cl2NO2S. The van der Waals surface area contributed by atoms with Gasteiger partial charge in [0.25, 0.3) is 0 Å². The lowest BCUT2D eigenvalue weighted by molar-refractivity contribution is -0.138. The molecule has 1 aliphatic heterocycles. The van der Waals surface area contributed by atoms with Crippen LogP contribution in [-0.2, 0) is 4.79 Å². The summed E-state index contributed by atoms with van der Waals surface area (Å²) < 4.78 is 1.38. The first-order valence-electron chi connectivity index (χ1n) is 5.91. The van der Waals surface area contributed by atoms with Gasteiger partial charge in [-0.3, -0.25) is 9.69 Å². The fourth-order valence-corrected chi connectivity index (χ4v) is 4.24. The number of carbonyl (C=O) groups is 1. The highest BCUT2D eigenvalue weighted by Gasteiger charge is 2.32. The molecule has 0 aliphatic carbocycles. The number of likely N-dealkylation sites (tertiary alicyclic amines) is 1. The van der Waals surface area contributed by atoms with Gasteiger partial charge in [-0.15, -0.1) is 11.3 Å². The summed E-state index contributed by atoms with van der Waals surface area (Å²) in [4.78, 5) is 13.1. The third-order valence-electron chi connectivity index (χ3n) is 3.46. The molecule has 100 valence electrons. The quantitative estimate of drug-likeness (QED) is 0.912. The summed E-state index contributed by atoms with van der Waals surface area (Å²) in [5.41, 5.74) is 1.00. The lowest BCUT2D eigenvalue weighted by atomic mass is 10.1. The second-order valence-corrected chi connectivity index (χ2v) is 6.87. The highest BCUT2D eigenvalue weighted by Crippen LogP contribution is 2.39. The second-order valence-electron chi connectivity index (χ2n) is 4.59. The van der Waals surface area contributed by atoms with E-state index in [4.69, 9.17) is 28.3 Å². The first-order chi connectivity index (χ1) is 8.49. The van der Waals surface area contributed by atoms with E-state index < -0.39 is 5.97 Å². The first kappa shape index (κ1) is 14.1. The lowest BCUT2D eigenvalue weighted by Gasteiger charge is -2.29. The molecule has 2 rings (SSSR count). The highest BCUT2D eigenvalue weighted by atomic mass is 35.5. The minimum atomic E-state index is -0.742. The van der Waals surface area contributed by atoms with Gasteiger partial charge in [0.15, 0.2) is 0 Å². The van der Waals surface area contributed by atoms with Crippen LogP contribution in [0.3, 0.4) is 0 Å². The van der Waals surface area contributed by atoms with Gasteiger partial charge in [0.2, 0.25) is 0 Å². The Morgan fingerprint density at radius 3 is 2.94 bits per heavy atom. The van der Waals surface area contributed by atoms with Gasteiger partial charge in [0, 0.05) is 17.6 Å². The topological polar surface area (TPSA) is 40.5 Å². The zero-order valence-corrected chi connectivity index (χ0v) is 12.4. The average molecular weight is 308 g/mol. The maximum atomic E-state index is 10.9. The molecule has 0 amide bonds. The molecule has 6 heteroatoms. The monoisotopic (exact) mass is 307 g/mol. The third kappa shape index (κ3) is 2.99. The van der Waals surface area contributed by atoms with Gasteiger partial charge in [-0.2, -0.15) is 0 Å². The number of halogens is 2. The molecule has 2 unspecified atom stereocenters. The molecule has 2 atom stereocenters. The molecule has 2 heterocycles. The molecule has 1 aromatic heterocycles. The van der Waals surface area contributed by atoms with E-state index >= 15 is 0 Å².